The molecular formula is C19H24N4O2. The number of carbonyl (C=O) groups is 1. The zero-order valence-electron chi connectivity index (χ0n) is 15.1. The summed E-state index contributed by atoms with van der Waals surface area (Å²) < 4.78 is 7.47. The van der Waals surface area contributed by atoms with Crippen LogP contribution in [0.5, 0.6) is 5.88 Å². The van der Waals surface area contributed by atoms with Gasteiger partial charge in [-0.1, -0.05) is 0 Å². The van der Waals surface area contributed by atoms with Gasteiger partial charge in [-0.2, -0.15) is 5.10 Å². The van der Waals surface area contributed by atoms with Crippen LogP contribution in [0, 0.1) is 13.8 Å². The minimum atomic E-state index is 0.0167. The quantitative estimate of drug-likeness (QED) is 0.861. The summed E-state index contributed by atoms with van der Waals surface area (Å²) >= 11 is 0. The Morgan fingerprint density at radius 2 is 2.12 bits per heavy atom. The number of aryl methyl sites for hydroxylation is 4. The van der Waals surface area contributed by atoms with Gasteiger partial charge in [-0.3, -0.25) is 9.48 Å². The molecule has 6 heteroatoms. The number of ether oxygens (including phenoxy) is 1. The van der Waals surface area contributed by atoms with E-state index in [1.165, 1.54) is 5.56 Å². The first-order chi connectivity index (χ1) is 12.1. The smallest absolute Gasteiger partial charge is 0.259 e. The molecule has 0 unspecified atom stereocenters. The molecule has 1 aliphatic carbocycles. The zero-order valence-corrected chi connectivity index (χ0v) is 15.1. The van der Waals surface area contributed by atoms with Crippen LogP contribution in [0.15, 0.2) is 12.1 Å². The molecule has 0 saturated carbocycles. The predicted molar refractivity (Wildman–Crippen MR) is 94.1 cm³/mol. The van der Waals surface area contributed by atoms with Crippen molar-refractivity contribution in [3.8, 4) is 5.88 Å². The molecule has 25 heavy (non-hydrogen) atoms. The van der Waals surface area contributed by atoms with E-state index in [2.05, 4.69) is 27.8 Å². The molecule has 2 aliphatic rings. The van der Waals surface area contributed by atoms with Gasteiger partial charge in [0.05, 0.1) is 18.8 Å². The first-order valence-corrected chi connectivity index (χ1v) is 8.95. The van der Waals surface area contributed by atoms with E-state index < -0.39 is 0 Å². The van der Waals surface area contributed by atoms with Gasteiger partial charge in [0.25, 0.3) is 5.91 Å². The summed E-state index contributed by atoms with van der Waals surface area (Å²) in [5.74, 6) is 0.475. The Balaban J connectivity index is 1.57. The molecule has 1 aliphatic heterocycles. The topological polar surface area (TPSA) is 60.2 Å². The maximum atomic E-state index is 13.1. The van der Waals surface area contributed by atoms with Crippen molar-refractivity contribution in [1.29, 1.82) is 0 Å². The van der Waals surface area contributed by atoms with Crippen LogP contribution in [0.2, 0.25) is 0 Å². The van der Waals surface area contributed by atoms with Crippen molar-refractivity contribution in [1.82, 2.24) is 19.7 Å². The Kier molecular flexibility index (Phi) is 3.98. The molecule has 6 nitrogen and oxygen atoms in total. The van der Waals surface area contributed by atoms with Crippen molar-refractivity contribution in [2.75, 3.05) is 20.2 Å². The lowest BCUT2D eigenvalue weighted by Crippen LogP contribution is -2.30. The number of nitrogens with zero attached hydrogens (tertiary/aromatic N) is 4. The van der Waals surface area contributed by atoms with Gasteiger partial charge in [-0.05, 0) is 57.2 Å². The van der Waals surface area contributed by atoms with Gasteiger partial charge in [0.2, 0.25) is 5.88 Å². The van der Waals surface area contributed by atoms with E-state index in [4.69, 9.17) is 4.74 Å². The second-order valence-electron chi connectivity index (χ2n) is 7.07. The van der Waals surface area contributed by atoms with Crippen molar-refractivity contribution < 1.29 is 9.53 Å². The van der Waals surface area contributed by atoms with Crippen LogP contribution in [-0.2, 0) is 12.8 Å². The van der Waals surface area contributed by atoms with Crippen molar-refractivity contribution in [3.05, 3.63) is 40.3 Å². The Labute approximate surface area is 147 Å². The van der Waals surface area contributed by atoms with Crippen LogP contribution in [0.25, 0.3) is 0 Å². The van der Waals surface area contributed by atoms with Crippen molar-refractivity contribution >= 4 is 5.91 Å². The number of rotatable bonds is 3. The lowest BCUT2D eigenvalue weighted by atomic mass is 10.1. The number of hydrogen-bond acceptors (Lipinski definition) is 4. The molecule has 1 atom stereocenters. The molecule has 0 bridgehead atoms. The number of amides is 1. The van der Waals surface area contributed by atoms with Crippen molar-refractivity contribution in [3.63, 3.8) is 0 Å². The third kappa shape index (κ3) is 2.79. The van der Waals surface area contributed by atoms with E-state index in [9.17, 15) is 4.79 Å². The molecule has 0 N–H and O–H groups in total. The van der Waals surface area contributed by atoms with Crippen LogP contribution in [0.4, 0.5) is 0 Å². The predicted octanol–water partition coefficient (Wildman–Crippen LogP) is 2.48. The van der Waals surface area contributed by atoms with Gasteiger partial charge in [0.1, 0.15) is 5.56 Å². The van der Waals surface area contributed by atoms with Crippen LogP contribution < -0.4 is 4.74 Å². The molecule has 0 spiro atoms. The highest BCUT2D eigenvalue weighted by Crippen LogP contribution is 2.30. The highest BCUT2D eigenvalue weighted by Gasteiger charge is 2.31. The molecule has 0 aromatic carbocycles. The first-order valence-electron chi connectivity index (χ1n) is 8.95. The normalized spacial score (nSPS) is 19.3. The molecule has 2 aromatic heterocycles. The Morgan fingerprint density at radius 3 is 2.84 bits per heavy atom. The highest BCUT2D eigenvalue weighted by molar-refractivity contribution is 5.96. The summed E-state index contributed by atoms with van der Waals surface area (Å²) in [6, 6.07) is 4.32. The number of likely N-dealkylation sites (tertiary alicyclic amines) is 1. The first kappa shape index (κ1) is 16.1. The summed E-state index contributed by atoms with van der Waals surface area (Å²) in [6.45, 7) is 5.49. The molecule has 0 radical (unpaired) electrons. The maximum absolute atomic E-state index is 13.1. The monoisotopic (exact) mass is 340 g/mol. The minimum Gasteiger partial charge on any atom is -0.480 e. The van der Waals surface area contributed by atoms with Crippen molar-refractivity contribution in [2.45, 2.75) is 45.6 Å². The Bertz CT molecular complexity index is 827. The van der Waals surface area contributed by atoms with Crippen LogP contribution >= 0.6 is 0 Å². The van der Waals surface area contributed by atoms with Crippen molar-refractivity contribution in [2.24, 2.45) is 0 Å². The summed E-state index contributed by atoms with van der Waals surface area (Å²) in [7, 11) is 1.59. The third-order valence-electron chi connectivity index (χ3n) is 5.28. The van der Waals surface area contributed by atoms with E-state index in [-0.39, 0.29) is 11.9 Å². The molecule has 1 saturated heterocycles. The molecular weight excluding hydrogens is 316 g/mol. The lowest BCUT2D eigenvalue weighted by molar-refractivity contribution is 0.0782. The van der Waals surface area contributed by atoms with Gasteiger partial charge >= 0.3 is 0 Å². The molecule has 2 aromatic rings. The standard InChI is InChI=1S/C19H24N4O2/c1-12-9-13(2)23(21-12)15-7-8-22(11-15)19(24)16-10-14-5-4-6-17(14)20-18(16)25-3/h9-10,15H,4-8,11H2,1-3H3/t15-/m1/s1. The van der Waals surface area contributed by atoms with Gasteiger partial charge in [0, 0.05) is 24.5 Å². The van der Waals surface area contributed by atoms with Gasteiger partial charge in [-0.25, -0.2) is 4.98 Å². The van der Waals surface area contributed by atoms with Gasteiger partial charge < -0.3 is 9.64 Å². The molecule has 3 heterocycles. The largest absolute Gasteiger partial charge is 0.480 e. The number of aromatic nitrogens is 3. The Hall–Kier alpha value is -2.37. The summed E-state index contributed by atoms with van der Waals surface area (Å²) in [6.07, 6.45) is 4.01. The molecule has 1 amide bonds. The number of carbonyl (C=O) groups excluding carboxylic acids is 1. The maximum Gasteiger partial charge on any atom is 0.259 e. The average Bonchev–Trinajstić information content (AvgIpc) is 3.31. The van der Waals surface area contributed by atoms with Crippen LogP contribution in [0.3, 0.4) is 0 Å². The molecule has 132 valence electrons. The summed E-state index contributed by atoms with van der Waals surface area (Å²) in [4.78, 5) is 19.5. The second-order valence-corrected chi connectivity index (χ2v) is 7.07. The van der Waals surface area contributed by atoms with Crippen LogP contribution in [0.1, 0.15) is 51.9 Å². The number of pyridine rings is 1. The molecule has 1 fully saturated rings. The van der Waals surface area contributed by atoms with E-state index in [1.54, 1.807) is 7.11 Å². The lowest BCUT2D eigenvalue weighted by Gasteiger charge is -2.19. The third-order valence-corrected chi connectivity index (χ3v) is 5.28. The van der Waals surface area contributed by atoms with E-state index in [0.29, 0.717) is 18.0 Å². The SMILES string of the molecule is COc1nc2c(cc1C(=O)N1CC[C@@H](n3nc(C)cc3C)C1)CCC2. The van der Waals surface area contributed by atoms with Crippen LogP contribution in [-0.4, -0.2) is 45.8 Å². The number of hydrogen-bond donors (Lipinski definition) is 0. The number of fused-ring (bicyclic) bond motifs is 1. The fourth-order valence-electron chi connectivity index (χ4n) is 4.07. The average molecular weight is 340 g/mol. The van der Waals surface area contributed by atoms with Gasteiger partial charge in [0.15, 0.2) is 0 Å². The zero-order chi connectivity index (χ0) is 17.6. The fraction of sp³-hybridized carbons (Fsp3) is 0.526. The highest BCUT2D eigenvalue weighted by atomic mass is 16.5. The fourth-order valence-corrected chi connectivity index (χ4v) is 4.07. The Morgan fingerprint density at radius 1 is 1.28 bits per heavy atom. The van der Waals surface area contributed by atoms with E-state index in [0.717, 1.165) is 49.3 Å². The minimum absolute atomic E-state index is 0.0167. The second kappa shape index (κ2) is 6.17. The summed E-state index contributed by atoms with van der Waals surface area (Å²) in [5.41, 5.74) is 5.03. The molecule has 4 rings (SSSR count). The summed E-state index contributed by atoms with van der Waals surface area (Å²) in [5, 5.41) is 4.58. The van der Waals surface area contributed by atoms with Gasteiger partial charge in [-0.15, -0.1) is 0 Å². The van der Waals surface area contributed by atoms with E-state index >= 15 is 0 Å². The van der Waals surface area contributed by atoms with E-state index in [1.807, 2.05) is 17.9 Å². The number of methoxy groups -OCH3 is 1.